The Morgan fingerprint density at radius 2 is 1.35 bits per heavy atom. The van der Waals surface area contributed by atoms with Crippen molar-refractivity contribution in [1.29, 1.82) is 0 Å². The molecule has 0 saturated heterocycles. The van der Waals surface area contributed by atoms with Gasteiger partial charge in [0.25, 0.3) is 0 Å². The van der Waals surface area contributed by atoms with Crippen molar-refractivity contribution in [3.8, 4) is 0 Å². The van der Waals surface area contributed by atoms with Gasteiger partial charge in [-0.1, -0.05) is 0 Å². The van der Waals surface area contributed by atoms with Crippen molar-refractivity contribution in [2.45, 2.75) is 59.1 Å². The summed E-state index contributed by atoms with van der Waals surface area (Å²) in [5, 5.41) is 9.70. The Morgan fingerprint density at radius 1 is 0.941 bits per heavy atom. The third kappa shape index (κ3) is 7.89. The quantitative estimate of drug-likeness (QED) is 0.616. The molecule has 0 aromatic rings. The van der Waals surface area contributed by atoms with Crippen molar-refractivity contribution in [3.63, 3.8) is 0 Å². The van der Waals surface area contributed by atoms with Gasteiger partial charge in [-0.3, -0.25) is 0 Å². The number of rotatable bonds is 10. The molecule has 0 bridgehead atoms. The Kier molecular flexibility index (Phi) is 8.24. The molecular formula is C12H28O4Si. The van der Waals surface area contributed by atoms with E-state index in [4.69, 9.17) is 13.3 Å². The normalized spacial score (nSPS) is 13.1. The van der Waals surface area contributed by atoms with Gasteiger partial charge in [0.2, 0.25) is 0 Å². The molecule has 0 saturated carbocycles. The molecule has 4 nitrogen and oxygen atoms in total. The van der Waals surface area contributed by atoms with Gasteiger partial charge in [0.05, 0.1) is 5.60 Å². The van der Waals surface area contributed by atoms with Gasteiger partial charge < -0.3 is 18.4 Å². The Bertz CT molecular complexity index is 174. The van der Waals surface area contributed by atoms with Crippen LogP contribution in [0.2, 0.25) is 6.04 Å². The zero-order valence-electron chi connectivity index (χ0n) is 11.9. The summed E-state index contributed by atoms with van der Waals surface area (Å²) < 4.78 is 17.2. The van der Waals surface area contributed by atoms with Gasteiger partial charge in [0, 0.05) is 25.9 Å². The molecule has 0 heterocycles. The van der Waals surface area contributed by atoms with E-state index < -0.39 is 14.4 Å². The highest BCUT2D eigenvalue weighted by atomic mass is 28.4. The fraction of sp³-hybridized carbons (Fsp3) is 1.00. The molecule has 0 unspecified atom stereocenters. The van der Waals surface area contributed by atoms with E-state index in [0.29, 0.717) is 19.8 Å². The molecule has 0 aromatic carbocycles. The van der Waals surface area contributed by atoms with E-state index in [1.165, 1.54) is 0 Å². The third-order valence-corrected chi connectivity index (χ3v) is 5.52. The standard InChI is InChI=1S/C12H28O4Si/c1-6-14-17(15-7-2,16-8-3)11-9-10-12(4,5)13/h13H,6-11H2,1-5H3. The van der Waals surface area contributed by atoms with Crippen LogP contribution in [-0.2, 0) is 13.3 Å². The summed E-state index contributed by atoms with van der Waals surface area (Å²) in [6.45, 7) is 11.3. The van der Waals surface area contributed by atoms with Crippen molar-refractivity contribution in [2.24, 2.45) is 0 Å². The molecule has 0 amide bonds. The summed E-state index contributed by atoms with van der Waals surface area (Å²) in [6.07, 6.45) is 1.59. The van der Waals surface area contributed by atoms with Crippen LogP contribution in [0, 0.1) is 0 Å². The van der Waals surface area contributed by atoms with E-state index in [1.54, 1.807) is 0 Å². The minimum absolute atomic E-state index is 0.606. The predicted octanol–water partition coefficient (Wildman–Crippen LogP) is 2.59. The largest absolute Gasteiger partial charge is 0.500 e. The summed E-state index contributed by atoms with van der Waals surface area (Å²) in [7, 11) is -2.51. The van der Waals surface area contributed by atoms with Gasteiger partial charge in [-0.25, -0.2) is 0 Å². The highest BCUT2D eigenvalue weighted by Gasteiger charge is 2.39. The lowest BCUT2D eigenvalue weighted by Crippen LogP contribution is -2.46. The number of aliphatic hydroxyl groups is 1. The van der Waals surface area contributed by atoms with Crippen LogP contribution in [0.5, 0.6) is 0 Å². The van der Waals surface area contributed by atoms with E-state index in [9.17, 15) is 5.11 Å². The molecular weight excluding hydrogens is 236 g/mol. The van der Waals surface area contributed by atoms with Crippen LogP contribution >= 0.6 is 0 Å². The lowest BCUT2D eigenvalue weighted by atomic mass is 10.0. The second kappa shape index (κ2) is 8.21. The van der Waals surface area contributed by atoms with Gasteiger partial charge in [0.15, 0.2) is 0 Å². The van der Waals surface area contributed by atoms with Crippen molar-refractivity contribution in [1.82, 2.24) is 0 Å². The highest BCUT2D eigenvalue weighted by molar-refractivity contribution is 6.60. The lowest BCUT2D eigenvalue weighted by Gasteiger charge is -2.29. The number of hydrogen-bond acceptors (Lipinski definition) is 4. The van der Waals surface area contributed by atoms with Gasteiger partial charge in [-0.05, 0) is 47.5 Å². The van der Waals surface area contributed by atoms with Crippen molar-refractivity contribution in [2.75, 3.05) is 19.8 Å². The minimum atomic E-state index is -2.51. The molecule has 0 rings (SSSR count). The summed E-state index contributed by atoms with van der Waals surface area (Å²) in [5.41, 5.74) is -0.634. The Hall–Kier alpha value is 0.0569. The zero-order valence-corrected chi connectivity index (χ0v) is 12.9. The summed E-state index contributed by atoms with van der Waals surface area (Å²) in [4.78, 5) is 0. The molecule has 17 heavy (non-hydrogen) atoms. The molecule has 5 heteroatoms. The molecule has 0 aliphatic heterocycles. The van der Waals surface area contributed by atoms with E-state index >= 15 is 0 Å². The monoisotopic (exact) mass is 264 g/mol. The number of hydrogen-bond donors (Lipinski definition) is 1. The average molecular weight is 264 g/mol. The first-order valence-corrected chi connectivity index (χ1v) is 8.46. The Labute approximate surface area is 107 Å². The van der Waals surface area contributed by atoms with Crippen LogP contribution in [0.15, 0.2) is 0 Å². The summed E-state index contributed by atoms with van der Waals surface area (Å²) in [6, 6.07) is 0.770. The molecule has 0 aromatic heterocycles. The summed E-state index contributed by atoms with van der Waals surface area (Å²) >= 11 is 0. The Balaban J connectivity index is 4.33. The van der Waals surface area contributed by atoms with Crippen LogP contribution in [0.1, 0.15) is 47.5 Å². The first-order chi connectivity index (χ1) is 7.89. The highest BCUT2D eigenvalue weighted by Crippen LogP contribution is 2.22. The van der Waals surface area contributed by atoms with E-state index in [2.05, 4.69) is 0 Å². The summed E-state index contributed by atoms with van der Waals surface area (Å²) in [5.74, 6) is 0. The fourth-order valence-electron chi connectivity index (χ4n) is 1.74. The van der Waals surface area contributed by atoms with Gasteiger partial charge in [0.1, 0.15) is 0 Å². The van der Waals surface area contributed by atoms with Crippen molar-refractivity contribution < 1.29 is 18.4 Å². The maximum atomic E-state index is 9.70. The molecule has 1 N–H and O–H groups in total. The van der Waals surface area contributed by atoms with E-state index in [1.807, 2.05) is 34.6 Å². The molecule has 0 radical (unpaired) electrons. The fourth-order valence-corrected chi connectivity index (χ4v) is 4.35. The molecule has 0 atom stereocenters. The molecule has 0 aliphatic rings. The van der Waals surface area contributed by atoms with Crippen LogP contribution in [-0.4, -0.2) is 39.3 Å². The zero-order chi connectivity index (χ0) is 13.4. The minimum Gasteiger partial charge on any atom is -0.390 e. The molecule has 0 fully saturated rings. The molecule has 104 valence electrons. The SMILES string of the molecule is CCO[Si](CCCC(C)(C)O)(OCC)OCC. The van der Waals surface area contributed by atoms with Crippen molar-refractivity contribution >= 4 is 8.80 Å². The smallest absolute Gasteiger partial charge is 0.390 e. The first-order valence-electron chi connectivity index (χ1n) is 6.53. The maximum absolute atomic E-state index is 9.70. The van der Waals surface area contributed by atoms with Crippen molar-refractivity contribution in [3.05, 3.63) is 0 Å². The second-order valence-corrected chi connectivity index (χ2v) is 7.38. The van der Waals surface area contributed by atoms with Gasteiger partial charge >= 0.3 is 8.80 Å². The lowest BCUT2D eigenvalue weighted by molar-refractivity contribution is 0.0571. The second-order valence-electron chi connectivity index (χ2n) is 4.65. The van der Waals surface area contributed by atoms with Gasteiger partial charge in [-0.2, -0.15) is 0 Å². The maximum Gasteiger partial charge on any atom is 0.500 e. The van der Waals surface area contributed by atoms with Gasteiger partial charge in [-0.15, -0.1) is 0 Å². The topological polar surface area (TPSA) is 47.9 Å². The molecule has 0 aliphatic carbocycles. The van der Waals surface area contributed by atoms with Crippen LogP contribution in [0.4, 0.5) is 0 Å². The molecule has 0 spiro atoms. The third-order valence-electron chi connectivity index (χ3n) is 2.36. The first kappa shape index (κ1) is 17.1. The average Bonchev–Trinajstić information content (AvgIpc) is 2.16. The Morgan fingerprint density at radius 3 is 1.65 bits per heavy atom. The predicted molar refractivity (Wildman–Crippen MR) is 71.0 cm³/mol. The van der Waals surface area contributed by atoms with Crippen LogP contribution in [0.3, 0.4) is 0 Å². The van der Waals surface area contributed by atoms with E-state index in [-0.39, 0.29) is 0 Å². The van der Waals surface area contributed by atoms with Crippen LogP contribution in [0.25, 0.3) is 0 Å². The van der Waals surface area contributed by atoms with E-state index in [0.717, 1.165) is 18.9 Å². The van der Waals surface area contributed by atoms with Crippen LogP contribution < -0.4 is 0 Å².